The molecule has 2 fully saturated rings. The Labute approximate surface area is 202 Å². The van der Waals surface area contributed by atoms with Crippen molar-refractivity contribution in [1.29, 1.82) is 0 Å². The molecule has 0 N–H and O–H groups in total. The first-order valence-electron chi connectivity index (χ1n) is 11.1. The first-order valence-corrected chi connectivity index (χ1v) is 11.9. The van der Waals surface area contributed by atoms with Crippen LogP contribution in [0.25, 0.3) is 16.7 Å². The van der Waals surface area contributed by atoms with Crippen molar-refractivity contribution in [2.75, 3.05) is 13.2 Å². The van der Waals surface area contributed by atoms with Gasteiger partial charge in [0.1, 0.15) is 22.2 Å². The van der Waals surface area contributed by atoms with Gasteiger partial charge in [-0.3, -0.25) is 9.47 Å². The van der Waals surface area contributed by atoms with Crippen molar-refractivity contribution in [3.63, 3.8) is 0 Å². The zero-order chi connectivity index (χ0) is 23.3. The molecule has 1 aliphatic carbocycles. The number of fused-ring (bicyclic) bond motifs is 1. The van der Waals surface area contributed by atoms with Gasteiger partial charge in [0.05, 0.1) is 30.7 Å². The molecule has 2 atom stereocenters. The van der Waals surface area contributed by atoms with Crippen LogP contribution in [0.1, 0.15) is 45.2 Å². The molecule has 3 heterocycles. The van der Waals surface area contributed by atoms with Crippen molar-refractivity contribution in [1.82, 2.24) is 19.4 Å². The maximum atomic E-state index is 13.1. The average Bonchev–Trinajstić information content (AvgIpc) is 3.55. The molecule has 2 aromatic heterocycles. The molecule has 1 aliphatic heterocycles. The fraction of sp³-hybridized carbons (Fsp3) is 0.458. The Morgan fingerprint density at radius 3 is 2.55 bits per heavy atom. The van der Waals surface area contributed by atoms with Gasteiger partial charge < -0.3 is 9.47 Å². The number of rotatable bonds is 3. The minimum Gasteiger partial charge on any atom is -0.444 e. The third kappa shape index (κ3) is 4.54. The number of benzene rings is 1. The first-order chi connectivity index (χ1) is 15.7. The standard InChI is InChI=1S/C24H26Cl2N4O3/c1-24(2,3)33-23(31)29-11-19(15-4-5-15)32-12-18(29)14-6-8-16(9-7-14)30-20(25)10-17-21(26)27-13-28-22(17)30/h6-10,13,15,18-19H,4-5,11-12H2,1-3H3/t18-,19+/m0/s1. The molecule has 1 aromatic carbocycles. The summed E-state index contributed by atoms with van der Waals surface area (Å²) < 4.78 is 13.7. The van der Waals surface area contributed by atoms with E-state index in [4.69, 9.17) is 32.7 Å². The molecule has 0 unspecified atom stereocenters. The molecule has 0 radical (unpaired) electrons. The van der Waals surface area contributed by atoms with E-state index in [1.165, 1.54) is 6.33 Å². The SMILES string of the molecule is CC(C)(C)OC(=O)N1C[C@H](C2CC2)OC[C@H]1c1ccc(-n2c(Cl)cc3c(Cl)ncnc32)cc1. The lowest BCUT2D eigenvalue weighted by Gasteiger charge is -2.40. The quantitative estimate of drug-likeness (QED) is 0.434. The van der Waals surface area contributed by atoms with Gasteiger partial charge in [0, 0.05) is 5.69 Å². The van der Waals surface area contributed by atoms with E-state index in [2.05, 4.69) is 9.97 Å². The molecule has 1 amide bonds. The predicted octanol–water partition coefficient (Wildman–Crippen LogP) is 5.81. The summed E-state index contributed by atoms with van der Waals surface area (Å²) >= 11 is 12.7. The fourth-order valence-electron chi connectivity index (χ4n) is 4.27. The van der Waals surface area contributed by atoms with Crippen molar-refractivity contribution in [2.24, 2.45) is 5.92 Å². The summed E-state index contributed by atoms with van der Waals surface area (Å²) in [7, 11) is 0. The molecule has 0 bridgehead atoms. The Bertz CT molecular complexity index is 1180. The van der Waals surface area contributed by atoms with Crippen LogP contribution in [-0.4, -0.2) is 50.4 Å². The Hall–Kier alpha value is -2.35. The van der Waals surface area contributed by atoms with Crippen molar-refractivity contribution in [2.45, 2.75) is 51.4 Å². The lowest BCUT2D eigenvalue weighted by Crippen LogP contribution is -2.49. The topological polar surface area (TPSA) is 69.5 Å². The van der Waals surface area contributed by atoms with Crippen molar-refractivity contribution < 1.29 is 14.3 Å². The van der Waals surface area contributed by atoms with E-state index in [0.29, 0.717) is 40.4 Å². The van der Waals surface area contributed by atoms with E-state index in [-0.39, 0.29) is 18.2 Å². The summed E-state index contributed by atoms with van der Waals surface area (Å²) in [4.78, 5) is 23.2. The van der Waals surface area contributed by atoms with Crippen LogP contribution in [0.15, 0.2) is 36.7 Å². The van der Waals surface area contributed by atoms with Gasteiger partial charge in [-0.2, -0.15) is 0 Å². The second-order valence-electron chi connectivity index (χ2n) is 9.65. The Morgan fingerprint density at radius 2 is 1.88 bits per heavy atom. The third-order valence-corrected chi connectivity index (χ3v) is 6.62. The van der Waals surface area contributed by atoms with E-state index in [1.54, 1.807) is 6.07 Å². The number of nitrogens with zero attached hydrogens (tertiary/aromatic N) is 4. The van der Waals surface area contributed by atoms with E-state index in [0.717, 1.165) is 24.1 Å². The highest BCUT2D eigenvalue weighted by Gasteiger charge is 2.41. The molecule has 0 spiro atoms. The van der Waals surface area contributed by atoms with Gasteiger partial charge in [-0.05, 0) is 63.3 Å². The largest absolute Gasteiger partial charge is 0.444 e. The molecular formula is C24H26Cl2N4O3. The lowest BCUT2D eigenvalue weighted by molar-refractivity contribution is -0.0779. The number of halogens is 2. The number of carbonyl (C=O) groups excluding carboxylic acids is 1. The highest BCUT2D eigenvalue weighted by Crippen LogP contribution is 2.39. The van der Waals surface area contributed by atoms with Crippen LogP contribution in [0.3, 0.4) is 0 Å². The van der Waals surface area contributed by atoms with Gasteiger partial charge in [0.2, 0.25) is 0 Å². The Balaban J connectivity index is 1.44. The van der Waals surface area contributed by atoms with Gasteiger partial charge in [0.15, 0.2) is 5.65 Å². The second kappa shape index (κ2) is 8.46. The van der Waals surface area contributed by atoms with Crippen LogP contribution in [0.4, 0.5) is 4.79 Å². The number of morpholine rings is 1. The predicted molar refractivity (Wildman–Crippen MR) is 127 cm³/mol. The van der Waals surface area contributed by atoms with Gasteiger partial charge in [-0.25, -0.2) is 14.8 Å². The number of hydrogen-bond acceptors (Lipinski definition) is 5. The van der Waals surface area contributed by atoms with Crippen LogP contribution >= 0.6 is 23.2 Å². The summed E-state index contributed by atoms with van der Waals surface area (Å²) in [6.07, 6.45) is 3.50. The summed E-state index contributed by atoms with van der Waals surface area (Å²) in [6, 6.07) is 9.42. The average molecular weight is 489 g/mol. The highest BCUT2D eigenvalue weighted by molar-refractivity contribution is 6.36. The summed E-state index contributed by atoms with van der Waals surface area (Å²) in [5.74, 6) is 0.538. The van der Waals surface area contributed by atoms with Crippen LogP contribution in [-0.2, 0) is 9.47 Å². The monoisotopic (exact) mass is 488 g/mol. The minimum atomic E-state index is -0.561. The van der Waals surface area contributed by atoms with E-state index in [9.17, 15) is 4.79 Å². The van der Waals surface area contributed by atoms with E-state index < -0.39 is 5.60 Å². The van der Waals surface area contributed by atoms with E-state index >= 15 is 0 Å². The smallest absolute Gasteiger partial charge is 0.410 e. The number of ether oxygens (including phenoxy) is 2. The van der Waals surface area contributed by atoms with Crippen LogP contribution in [0.5, 0.6) is 0 Å². The number of carbonyl (C=O) groups is 1. The van der Waals surface area contributed by atoms with Crippen LogP contribution in [0, 0.1) is 5.92 Å². The Kier molecular flexibility index (Phi) is 5.75. The van der Waals surface area contributed by atoms with Gasteiger partial charge in [0.25, 0.3) is 0 Å². The van der Waals surface area contributed by atoms with E-state index in [1.807, 2.05) is 54.5 Å². The van der Waals surface area contributed by atoms with Crippen LogP contribution in [0.2, 0.25) is 10.3 Å². The molecule has 9 heteroatoms. The first kappa shape index (κ1) is 22.4. The summed E-state index contributed by atoms with van der Waals surface area (Å²) in [5.41, 5.74) is 1.88. The van der Waals surface area contributed by atoms with Gasteiger partial charge >= 0.3 is 6.09 Å². The molecule has 174 valence electrons. The number of aromatic nitrogens is 3. The highest BCUT2D eigenvalue weighted by atomic mass is 35.5. The van der Waals surface area contributed by atoms with Crippen molar-refractivity contribution in [3.05, 3.63) is 52.5 Å². The van der Waals surface area contributed by atoms with Gasteiger partial charge in [-0.15, -0.1) is 0 Å². The molecule has 1 saturated heterocycles. The molecule has 5 rings (SSSR count). The maximum Gasteiger partial charge on any atom is 0.410 e. The third-order valence-electron chi connectivity index (χ3n) is 6.04. The maximum absolute atomic E-state index is 13.1. The summed E-state index contributed by atoms with van der Waals surface area (Å²) in [5, 5.41) is 1.54. The summed E-state index contributed by atoms with van der Waals surface area (Å²) in [6.45, 7) is 6.63. The zero-order valence-electron chi connectivity index (χ0n) is 18.8. The fourth-order valence-corrected chi connectivity index (χ4v) is 4.74. The molecule has 7 nitrogen and oxygen atoms in total. The molecule has 1 saturated carbocycles. The molecule has 33 heavy (non-hydrogen) atoms. The number of hydrogen-bond donors (Lipinski definition) is 0. The van der Waals surface area contributed by atoms with Crippen molar-refractivity contribution in [3.8, 4) is 5.69 Å². The lowest BCUT2D eigenvalue weighted by atomic mass is 10.0. The molecule has 2 aliphatic rings. The second-order valence-corrected chi connectivity index (χ2v) is 10.4. The number of amides is 1. The molecule has 3 aromatic rings. The minimum absolute atomic E-state index is 0.0718. The van der Waals surface area contributed by atoms with Crippen molar-refractivity contribution >= 4 is 40.3 Å². The van der Waals surface area contributed by atoms with Crippen LogP contribution < -0.4 is 0 Å². The van der Waals surface area contributed by atoms with Gasteiger partial charge in [-0.1, -0.05) is 35.3 Å². The Morgan fingerprint density at radius 1 is 1.15 bits per heavy atom. The zero-order valence-corrected chi connectivity index (χ0v) is 20.3. The molecular weight excluding hydrogens is 463 g/mol. The normalized spacial score (nSPS) is 21.4.